The Morgan fingerprint density at radius 3 is 2.34 bits per heavy atom. The molecule has 0 aliphatic carbocycles. The Hall–Kier alpha value is -3.49. The quantitative estimate of drug-likeness (QED) is 0.0932. The number of ether oxygens (including phenoxy) is 2. The topological polar surface area (TPSA) is 106 Å². The van der Waals surface area contributed by atoms with Crippen LogP contribution in [0.25, 0.3) is 22.4 Å². The van der Waals surface area contributed by atoms with Crippen molar-refractivity contribution in [3.05, 3.63) is 107 Å². The van der Waals surface area contributed by atoms with Gasteiger partial charge in [0.2, 0.25) is 0 Å². The molecule has 7 nitrogen and oxygen atoms in total. The van der Waals surface area contributed by atoms with Crippen LogP contribution in [0.4, 0.5) is 0 Å². The molecule has 3 aromatic carbocycles. The van der Waals surface area contributed by atoms with Crippen LogP contribution >= 0.6 is 27.7 Å². The molecule has 1 aromatic heterocycles. The van der Waals surface area contributed by atoms with E-state index in [1.54, 1.807) is 0 Å². The van der Waals surface area contributed by atoms with Gasteiger partial charge in [0.25, 0.3) is 0 Å². The highest BCUT2D eigenvalue weighted by Gasteiger charge is 2.24. The van der Waals surface area contributed by atoms with E-state index in [9.17, 15) is 18.5 Å². The third-order valence-corrected chi connectivity index (χ3v) is 9.88. The molecule has 0 aliphatic rings. The zero-order chi connectivity index (χ0) is 31.4. The Bertz CT molecular complexity index is 1680. The number of halogens is 1. The van der Waals surface area contributed by atoms with Gasteiger partial charge < -0.3 is 9.47 Å². The largest absolute Gasteiger partial charge is 0.458 e. The van der Waals surface area contributed by atoms with E-state index in [1.807, 2.05) is 97.9 Å². The van der Waals surface area contributed by atoms with Gasteiger partial charge in [0.1, 0.15) is 17.2 Å². The van der Waals surface area contributed by atoms with Crippen LogP contribution in [0.3, 0.4) is 0 Å². The lowest BCUT2D eigenvalue weighted by Crippen LogP contribution is -2.32. The van der Waals surface area contributed by atoms with Crippen LogP contribution < -0.4 is 0 Å². The number of benzene rings is 3. The molecule has 0 amide bonds. The second kappa shape index (κ2) is 16.5. The van der Waals surface area contributed by atoms with Crippen LogP contribution in [0.15, 0.2) is 100 Å². The van der Waals surface area contributed by atoms with E-state index in [2.05, 4.69) is 22.0 Å². The summed E-state index contributed by atoms with van der Waals surface area (Å²) < 4.78 is 37.8. The molecule has 10 heteroatoms. The number of pyridine rings is 1. The first kappa shape index (κ1) is 33.4. The van der Waals surface area contributed by atoms with Gasteiger partial charge >= 0.3 is 5.97 Å². The van der Waals surface area contributed by atoms with E-state index in [0.29, 0.717) is 28.3 Å². The van der Waals surface area contributed by atoms with Gasteiger partial charge in [-0.15, -0.1) is 0 Å². The summed E-state index contributed by atoms with van der Waals surface area (Å²) in [6.45, 7) is 2.13. The zero-order valence-corrected chi connectivity index (χ0v) is 27.5. The van der Waals surface area contributed by atoms with E-state index in [1.165, 1.54) is 0 Å². The molecule has 0 spiro atoms. The number of nitrogens with zero attached hydrogens (tertiary/aromatic N) is 2. The minimum Gasteiger partial charge on any atom is -0.458 e. The fourth-order valence-electron chi connectivity index (χ4n) is 4.42. The monoisotopic (exact) mass is 692 g/mol. The Morgan fingerprint density at radius 1 is 1.00 bits per heavy atom. The van der Waals surface area contributed by atoms with Crippen LogP contribution in [-0.2, 0) is 30.7 Å². The normalized spacial score (nSPS) is 11.9. The molecule has 1 atom stereocenters. The third-order valence-electron chi connectivity index (χ3n) is 6.61. The summed E-state index contributed by atoms with van der Waals surface area (Å²) in [6, 6.07) is 30.8. The molecule has 1 unspecified atom stereocenters. The van der Waals surface area contributed by atoms with Crippen LogP contribution in [-0.4, -0.2) is 49.3 Å². The first-order chi connectivity index (χ1) is 21.3. The van der Waals surface area contributed by atoms with Crippen LogP contribution in [0.2, 0.25) is 0 Å². The number of hydrogen-bond donors (Lipinski definition) is 0. The highest BCUT2D eigenvalue weighted by molar-refractivity contribution is 9.10. The number of rotatable bonds is 15. The Kier molecular flexibility index (Phi) is 12.6. The second-order valence-electron chi connectivity index (χ2n) is 10.1. The van der Waals surface area contributed by atoms with Gasteiger partial charge in [0.05, 0.1) is 41.7 Å². The third kappa shape index (κ3) is 10.0. The van der Waals surface area contributed by atoms with Gasteiger partial charge in [-0.25, -0.2) is 13.4 Å². The van der Waals surface area contributed by atoms with Crippen LogP contribution in [0.1, 0.15) is 30.9 Å². The number of carbonyl (C=O) groups excluding carboxylic acids is 1. The van der Waals surface area contributed by atoms with Gasteiger partial charge in [-0.1, -0.05) is 114 Å². The summed E-state index contributed by atoms with van der Waals surface area (Å²) in [5, 5.41) is 10.5. The molecule has 0 aliphatic heterocycles. The maximum Gasteiger partial charge on any atom is 0.316 e. The molecule has 0 N–H and O–H groups in total. The van der Waals surface area contributed by atoms with Crippen molar-refractivity contribution in [2.24, 2.45) is 0 Å². The van der Waals surface area contributed by atoms with Crippen molar-refractivity contribution in [1.29, 1.82) is 5.26 Å². The van der Waals surface area contributed by atoms with E-state index in [0.717, 1.165) is 39.3 Å². The summed E-state index contributed by atoms with van der Waals surface area (Å²) in [4.78, 5) is 17.9. The second-order valence-corrected chi connectivity index (χ2v) is 14.2. The van der Waals surface area contributed by atoms with Crippen molar-refractivity contribution in [1.82, 2.24) is 4.98 Å². The highest BCUT2D eigenvalue weighted by atomic mass is 79.9. The number of hydrogen-bond acceptors (Lipinski definition) is 8. The minimum absolute atomic E-state index is 0.0194. The van der Waals surface area contributed by atoms with E-state index < -0.39 is 21.9 Å². The van der Waals surface area contributed by atoms with Crippen molar-refractivity contribution >= 4 is 43.5 Å². The lowest BCUT2D eigenvalue weighted by molar-refractivity contribution is -0.147. The first-order valence-corrected chi connectivity index (χ1v) is 17.8. The Balaban J connectivity index is 1.53. The Morgan fingerprint density at radius 2 is 1.68 bits per heavy atom. The van der Waals surface area contributed by atoms with Crippen LogP contribution in [0.5, 0.6) is 0 Å². The zero-order valence-electron chi connectivity index (χ0n) is 24.3. The molecule has 0 fully saturated rings. The van der Waals surface area contributed by atoms with Crippen molar-refractivity contribution in [3.63, 3.8) is 0 Å². The smallest absolute Gasteiger partial charge is 0.316 e. The van der Waals surface area contributed by atoms with Gasteiger partial charge in [0.15, 0.2) is 9.84 Å². The molecule has 4 aromatic rings. The molecular weight excluding hydrogens is 660 g/mol. The van der Waals surface area contributed by atoms with Crippen LogP contribution in [0, 0.1) is 11.3 Å². The van der Waals surface area contributed by atoms with E-state index in [4.69, 9.17) is 14.5 Å². The minimum atomic E-state index is -3.46. The maximum atomic E-state index is 13.1. The van der Waals surface area contributed by atoms with Crippen molar-refractivity contribution in [2.45, 2.75) is 37.5 Å². The summed E-state index contributed by atoms with van der Waals surface area (Å²) in [5.74, 6) is -1.08. The predicted molar refractivity (Wildman–Crippen MR) is 178 cm³/mol. The lowest BCUT2D eigenvalue weighted by Gasteiger charge is -2.19. The molecule has 1 heterocycles. The maximum absolute atomic E-state index is 13.1. The standard InChI is InChI=1S/C34H33BrN2O5S2/c1-2-3-18-44(39,40)24-29(22-41-21-25-10-6-4-7-11-25)42-33(38)23-43-34-31(20-36)30(26-12-8-5-9-13-26)19-32(37-34)27-14-16-28(35)17-15-27/h4-17,19,29H,2-3,18,21-24H2,1H3. The molecule has 4 rings (SSSR count). The molecule has 0 saturated carbocycles. The Labute approximate surface area is 271 Å². The summed E-state index contributed by atoms with van der Waals surface area (Å²) in [7, 11) is -3.46. The lowest BCUT2D eigenvalue weighted by atomic mass is 9.99. The predicted octanol–water partition coefficient (Wildman–Crippen LogP) is 7.49. The fraction of sp³-hybridized carbons (Fsp3) is 0.265. The van der Waals surface area contributed by atoms with Crippen molar-refractivity contribution in [2.75, 3.05) is 23.9 Å². The summed E-state index contributed by atoms with van der Waals surface area (Å²) >= 11 is 4.55. The number of sulfone groups is 1. The van der Waals surface area contributed by atoms with Gasteiger partial charge in [-0.3, -0.25) is 4.79 Å². The number of carbonyl (C=O) groups is 1. The summed E-state index contributed by atoms with van der Waals surface area (Å²) in [6.07, 6.45) is 0.305. The first-order valence-electron chi connectivity index (χ1n) is 14.2. The number of thioether (sulfide) groups is 1. The molecule has 0 saturated heterocycles. The number of unbranched alkanes of at least 4 members (excludes halogenated alkanes) is 1. The molecule has 0 radical (unpaired) electrons. The molecular formula is C34H33BrN2O5S2. The van der Waals surface area contributed by atoms with Gasteiger partial charge in [-0.2, -0.15) is 5.26 Å². The molecule has 228 valence electrons. The molecule has 44 heavy (non-hydrogen) atoms. The van der Waals surface area contributed by atoms with Crippen molar-refractivity contribution in [3.8, 4) is 28.5 Å². The average molecular weight is 694 g/mol. The van der Waals surface area contributed by atoms with E-state index in [-0.39, 0.29) is 30.5 Å². The summed E-state index contributed by atoms with van der Waals surface area (Å²) in [5.41, 5.74) is 4.33. The fourth-order valence-corrected chi connectivity index (χ4v) is 7.10. The van der Waals surface area contributed by atoms with Gasteiger partial charge in [0, 0.05) is 15.6 Å². The molecule has 0 bridgehead atoms. The van der Waals surface area contributed by atoms with Crippen molar-refractivity contribution < 1.29 is 22.7 Å². The number of aromatic nitrogens is 1. The number of nitriles is 1. The average Bonchev–Trinajstić information content (AvgIpc) is 3.03. The number of esters is 1. The SMILES string of the molecule is CCCCS(=O)(=O)CC(COCc1ccccc1)OC(=O)CSc1nc(-c2ccc(Br)cc2)cc(-c2ccccc2)c1C#N. The van der Waals surface area contributed by atoms with Gasteiger partial charge in [-0.05, 0) is 35.7 Å². The highest BCUT2D eigenvalue weighted by Crippen LogP contribution is 2.34. The van der Waals surface area contributed by atoms with E-state index >= 15 is 0 Å².